The van der Waals surface area contributed by atoms with Gasteiger partial charge in [-0.2, -0.15) is 0 Å². The zero-order valence-electron chi connectivity index (χ0n) is 16.4. The number of H-pyrrole nitrogens is 1. The van der Waals surface area contributed by atoms with E-state index in [0.29, 0.717) is 18.5 Å². The molecule has 0 saturated heterocycles. The van der Waals surface area contributed by atoms with E-state index in [0.717, 1.165) is 0 Å². The van der Waals surface area contributed by atoms with Crippen molar-refractivity contribution in [2.45, 2.75) is 65.1 Å². The average Bonchev–Trinajstić information content (AvgIpc) is 3.14. The summed E-state index contributed by atoms with van der Waals surface area (Å²) in [6.07, 6.45) is 4.57. The van der Waals surface area contributed by atoms with Gasteiger partial charge >= 0.3 is 5.97 Å². The maximum absolute atomic E-state index is 12.7. The summed E-state index contributed by atoms with van der Waals surface area (Å²) in [6.45, 7) is 7.33. The lowest BCUT2D eigenvalue weighted by Gasteiger charge is -2.28. The predicted molar refractivity (Wildman–Crippen MR) is 101 cm³/mol. The lowest BCUT2D eigenvalue weighted by molar-refractivity contribution is -0.144. The van der Waals surface area contributed by atoms with Gasteiger partial charge in [0.25, 0.3) is 0 Å². The molecule has 9 heteroatoms. The third-order valence-corrected chi connectivity index (χ3v) is 4.90. The fourth-order valence-electron chi connectivity index (χ4n) is 2.61. The Kier molecular flexibility index (Phi) is 8.93. The van der Waals surface area contributed by atoms with Crippen LogP contribution >= 0.6 is 0 Å². The maximum Gasteiger partial charge on any atom is 0.326 e. The van der Waals surface area contributed by atoms with Crippen LogP contribution in [-0.4, -0.2) is 51.0 Å². The monoisotopic (exact) mass is 381 g/mol. The van der Waals surface area contributed by atoms with Crippen LogP contribution in [0, 0.1) is 11.8 Å². The highest BCUT2D eigenvalue weighted by atomic mass is 16.4. The van der Waals surface area contributed by atoms with E-state index in [1.54, 1.807) is 13.1 Å². The Bertz CT molecular complexity index is 619. The van der Waals surface area contributed by atoms with Gasteiger partial charge in [0.2, 0.25) is 11.8 Å². The third-order valence-electron chi connectivity index (χ3n) is 4.90. The number of aromatic nitrogens is 2. The summed E-state index contributed by atoms with van der Waals surface area (Å²) in [5, 5.41) is 14.6. The number of carbonyl (C=O) groups excluding carboxylic acids is 2. The van der Waals surface area contributed by atoms with Crippen molar-refractivity contribution in [3.63, 3.8) is 0 Å². The summed E-state index contributed by atoms with van der Waals surface area (Å²) in [7, 11) is 0. The summed E-state index contributed by atoms with van der Waals surface area (Å²) >= 11 is 0. The molecule has 1 aromatic rings. The Morgan fingerprint density at radius 1 is 1.11 bits per heavy atom. The molecule has 0 spiro atoms. The number of nitrogens with two attached hydrogens (primary N) is 1. The van der Waals surface area contributed by atoms with Gasteiger partial charge in [-0.25, -0.2) is 9.78 Å². The van der Waals surface area contributed by atoms with Gasteiger partial charge < -0.3 is 26.5 Å². The van der Waals surface area contributed by atoms with Crippen molar-refractivity contribution in [3.05, 3.63) is 18.2 Å². The quantitative estimate of drug-likeness (QED) is 0.375. The molecule has 0 aliphatic heterocycles. The molecule has 1 aromatic heterocycles. The van der Waals surface area contributed by atoms with E-state index in [1.807, 2.05) is 20.8 Å². The zero-order valence-corrected chi connectivity index (χ0v) is 16.4. The molecule has 0 unspecified atom stereocenters. The molecule has 2 amide bonds. The minimum atomic E-state index is -1.09. The number of aromatic amines is 1. The zero-order chi connectivity index (χ0) is 20.6. The summed E-state index contributed by atoms with van der Waals surface area (Å²) in [5.41, 5.74) is 6.64. The fraction of sp³-hybridized carbons (Fsp3) is 0.667. The SMILES string of the molecule is CC[C@H](C)[C@H](NC(=O)[C@@H](NC(=O)[C@@H](N)Cc1cnc[nH]1)[C@@H](C)CC)C(=O)O. The van der Waals surface area contributed by atoms with E-state index < -0.39 is 35.9 Å². The first-order chi connectivity index (χ1) is 12.7. The molecule has 1 heterocycles. The van der Waals surface area contributed by atoms with Crippen LogP contribution in [0.15, 0.2) is 12.5 Å². The molecule has 27 heavy (non-hydrogen) atoms. The van der Waals surface area contributed by atoms with E-state index in [2.05, 4.69) is 20.6 Å². The van der Waals surface area contributed by atoms with Crippen molar-refractivity contribution in [1.82, 2.24) is 20.6 Å². The molecular weight excluding hydrogens is 350 g/mol. The molecule has 0 bridgehead atoms. The molecule has 1 rings (SSSR count). The van der Waals surface area contributed by atoms with Crippen molar-refractivity contribution < 1.29 is 19.5 Å². The minimum Gasteiger partial charge on any atom is -0.480 e. The molecule has 0 aliphatic rings. The minimum absolute atomic E-state index is 0.181. The molecule has 0 aliphatic carbocycles. The fourth-order valence-corrected chi connectivity index (χ4v) is 2.61. The normalized spacial score (nSPS) is 16.6. The van der Waals surface area contributed by atoms with Gasteiger partial charge in [-0.15, -0.1) is 0 Å². The van der Waals surface area contributed by atoms with E-state index in [-0.39, 0.29) is 18.3 Å². The van der Waals surface area contributed by atoms with Crippen LogP contribution in [0.2, 0.25) is 0 Å². The largest absolute Gasteiger partial charge is 0.480 e. The predicted octanol–water partition coefficient (Wildman–Crippen LogP) is 0.426. The summed E-state index contributed by atoms with van der Waals surface area (Å²) in [5.74, 6) is -2.50. The summed E-state index contributed by atoms with van der Waals surface area (Å²) in [4.78, 5) is 43.4. The second kappa shape index (κ2) is 10.7. The van der Waals surface area contributed by atoms with Crippen LogP contribution in [-0.2, 0) is 20.8 Å². The maximum atomic E-state index is 12.7. The molecular formula is C18H31N5O4. The Morgan fingerprint density at radius 2 is 1.67 bits per heavy atom. The number of nitrogens with one attached hydrogen (secondary N) is 3. The number of aliphatic carboxylic acids is 1. The van der Waals surface area contributed by atoms with Crippen LogP contribution in [0.1, 0.15) is 46.2 Å². The van der Waals surface area contributed by atoms with Crippen LogP contribution in [0.4, 0.5) is 0 Å². The average molecular weight is 381 g/mol. The van der Waals surface area contributed by atoms with Gasteiger partial charge in [0.15, 0.2) is 0 Å². The standard InChI is InChI=1S/C18H31N5O4/c1-5-10(3)14(17(25)23-15(18(26)27)11(4)6-2)22-16(24)13(19)7-12-8-20-9-21-12/h8-11,13-15H,5-7,19H2,1-4H3,(H,20,21)(H,22,24)(H,23,25)(H,26,27)/t10-,11-,13-,14-,15-/m0/s1. The van der Waals surface area contributed by atoms with Gasteiger partial charge in [0.05, 0.1) is 12.4 Å². The van der Waals surface area contributed by atoms with Gasteiger partial charge in [-0.05, 0) is 11.8 Å². The van der Waals surface area contributed by atoms with E-state index in [4.69, 9.17) is 5.73 Å². The summed E-state index contributed by atoms with van der Waals surface area (Å²) in [6, 6.07) is -2.72. The summed E-state index contributed by atoms with van der Waals surface area (Å²) < 4.78 is 0. The van der Waals surface area contributed by atoms with E-state index >= 15 is 0 Å². The highest BCUT2D eigenvalue weighted by Crippen LogP contribution is 2.12. The first-order valence-corrected chi connectivity index (χ1v) is 9.27. The van der Waals surface area contributed by atoms with Gasteiger partial charge in [0, 0.05) is 18.3 Å². The van der Waals surface area contributed by atoms with Crippen LogP contribution < -0.4 is 16.4 Å². The van der Waals surface area contributed by atoms with E-state index in [9.17, 15) is 19.5 Å². The lowest BCUT2D eigenvalue weighted by Crippen LogP contribution is -2.57. The number of carboxylic acid groups (broad SMARTS) is 1. The van der Waals surface area contributed by atoms with Crippen LogP contribution in [0.5, 0.6) is 0 Å². The molecule has 0 aromatic carbocycles. The van der Waals surface area contributed by atoms with Crippen molar-refractivity contribution in [3.8, 4) is 0 Å². The third kappa shape index (κ3) is 6.67. The Labute approximate surface area is 159 Å². The number of imidazole rings is 1. The van der Waals surface area contributed by atoms with E-state index in [1.165, 1.54) is 6.33 Å². The molecule has 0 saturated carbocycles. The smallest absolute Gasteiger partial charge is 0.326 e. The van der Waals surface area contributed by atoms with Crippen molar-refractivity contribution in [2.24, 2.45) is 17.6 Å². The topological polar surface area (TPSA) is 150 Å². The van der Waals surface area contributed by atoms with Crippen LogP contribution in [0.3, 0.4) is 0 Å². The number of carboxylic acids is 1. The second-order valence-electron chi connectivity index (χ2n) is 6.97. The number of nitrogens with zero attached hydrogens (tertiary/aromatic N) is 1. The molecule has 6 N–H and O–H groups in total. The molecule has 152 valence electrons. The van der Waals surface area contributed by atoms with Crippen molar-refractivity contribution in [1.29, 1.82) is 0 Å². The second-order valence-corrected chi connectivity index (χ2v) is 6.97. The van der Waals surface area contributed by atoms with Gasteiger partial charge in [-0.1, -0.05) is 40.5 Å². The van der Waals surface area contributed by atoms with Crippen molar-refractivity contribution in [2.75, 3.05) is 0 Å². The molecule has 0 radical (unpaired) electrons. The Morgan fingerprint density at radius 3 is 2.15 bits per heavy atom. The highest BCUT2D eigenvalue weighted by molar-refractivity contribution is 5.92. The number of carbonyl (C=O) groups is 3. The highest BCUT2D eigenvalue weighted by Gasteiger charge is 2.32. The first-order valence-electron chi connectivity index (χ1n) is 9.27. The number of hydrogen-bond acceptors (Lipinski definition) is 5. The first kappa shape index (κ1) is 22.6. The Balaban J connectivity index is 2.83. The number of amides is 2. The molecule has 0 fully saturated rings. The van der Waals surface area contributed by atoms with Crippen molar-refractivity contribution >= 4 is 17.8 Å². The lowest BCUT2D eigenvalue weighted by atomic mass is 9.95. The van der Waals surface area contributed by atoms with Crippen LogP contribution in [0.25, 0.3) is 0 Å². The molecule has 9 nitrogen and oxygen atoms in total. The number of rotatable bonds is 11. The van der Waals surface area contributed by atoms with Gasteiger partial charge in [-0.3, -0.25) is 9.59 Å². The Hall–Kier alpha value is -2.42. The van der Waals surface area contributed by atoms with Gasteiger partial charge in [0.1, 0.15) is 12.1 Å². The molecule has 5 atom stereocenters. The number of hydrogen-bond donors (Lipinski definition) is 5.